The second-order valence-electron chi connectivity index (χ2n) is 4.58. The van der Waals surface area contributed by atoms with Crippen LogP contribution >= 0.6 is 43.5 Å². The van der Waals surface area contributed by atoms with Crippen LogP contribution in [-0.4, -0.2) is 9.55 Å². The Morgan fingerprint density at radius 3 is 2.70 bits per heavy atom. The highest BCUT2D eigenvalue weighted by Gasteiger charge is 2.14. The summed E-state index contributed by atoms with van der Waals surface area (Å²) in [5, 5.41) is 0. The third-order valence-corrected chi connectivity index (χ3v) is 4.55. The van der Waals surface area contributed by atoms with Gasteiger partial charge >= 0.3 is 0 Å². The van der Waals surface area contributed by atoms with E-state index in [0.29, 0.717) is 5.88 Å². The van der Waals surface area contributed by atoms with Crippen LogP contribution in [0.5, 0.6) is 0 Å². The molecule has 3 rings (SSSR count). The molecule has 3 aromatic rings. The number of fused-ring (bicyclic) bond motifs is 1. The molecule has 0 amide bonds. The first-order valence-corrected chi connectivity index (χ1v) is 8.21. The number of hydrogen-bond acceptors (Lipinski definition) is 1. The zero-order chi connectivity index (χ0) is 14.3. The maximum atomic E-state index is 6.08. The van der Waals surface area contributed by atoms with E-state index >= 15 is 0 Å². The van der Waals surface area contributed by atoms with Crippen LogP contribution in [0, 0.1) is 6.92 Å². The van der Waals surface area contributed by atoms with Crippen molar-refractivity contribution in [3.63, 3.8) is 0 Å². The van der Waals surface area contributed by atoms with E-state index in [-0.39, 0.29) is 0 Å². The number of halogens is 3. The van der Waals surface area contributed by atoms with Gasteiger partial charge in [-0.1, -0.05) is 22.0 Å². The van der Waals surface area contributed by atoms with Gasteiger partial charge in [-0.2, -0.15) is 0 Å². The van der Waals surface area contributed by atoms with Crippen molar-refractivity contribution in [2.75, 3.05) is 0 Å². The Bertz CT molecular complexity index is 796. The Labute approximate surface area is 139 Å². The molecular weight excluding hydrogens is 403 g/mol. The maximum Gasteiger partial charge on any atom is 0.129 e. The molecule has 0 spiro atoms. The van der Waals surface area contributed by atoms with Gasteiger partial charge in [-0.3, -0.25) is 4.57 Å². The molecule has 0 saturated heterocycles. The minimum atomic E-state index is 0.368. The minimum Gasteiger partial charge on any atom is -0.294 e. The Kier molecular flexibility index (Phi) is 3.89. The van der Waals surface area contributed by atoms with Crippen molar-refractivity contribution >= 4 is 54.5 Å². The summed E-state index contributed by atoms with van der Waals surface area (Å²) in [6.45, 7) is 2.08. The van der Waals surface area contributed by atoms with Crippen LogP contribution in [0.4, 0.5) is 0 Å². The summed E-state index contributed by atoms with van der Waals surface area (Å²) in [5.41, 5.74) is 4.24. The topological polar surface area (TPSA) is 17.8 Å². The standard InChI is InChI=1S/C15H11Br2ClN2/c1-9-2-4-11(17)14(6-9)20-13-5-3-10(16)7-12(13)19-15(20)8-18/h2-7H,8H2,1H3. The normalized spacial score (nSPS) is 11.2. The lowest BCUT2D eigenvalue weighted by molar-refractivity contribution is 0.975. The molecule has 0 aliphatic heterocycles. The van der Waals surface area contributed by atoms with Crippen LogP contribution in [-0.2, 0) is 5.88 Å². The van der Waals surface area contributed by atoms with Crippen LogP contribution in [0.1, 0.15) is 11.4 Å². The van der Waals surface area contributed by atoms with E-state index in [1.807, 2.05) is 18.2 Å². The fraction of sp³-hybridized carbons (Fsp3) is 0.133. The predicted molar refractivity (Wildman–Crippen MR) is 90.8 cm³/mol. The van der Waals surface area contributed by atoms with E-state index in [1.54, 1.807) is 0 Å². The van der Waals surface area contributed by atoms with Gasteiger partial charge in [0.15, 0.2) is 0 Å². The number of nitrogens with zero attached hydrogens (tertiary/aromatic N) is 2. The molecule has 0 aliphatic carbocycles. The van der Waals surface area contributed by atoms with Gasteiger partial charge in [-0.15, -0.1) is 11.6 Å². The fourth-order valence-corrected chi connectivity index (χ4v) is 3.21. The molecule has 2 aromatic carbocycles. The molecule has 1 aromatic heterocycles. The molecular formula is C15H11Br2ClN2. The number of hydrogen-bond donors (Lipinski definition) is 0. The number of aryl methyl sites for hydroxylation is 1. The zero-order valence-corrected chi connectivity index (χ0v) is 14.6. The molecule has 20 heavy (non-hydrogen) atoms. The third-order valence-electron chi connectivity index (χ3n) is 3.15. The van der Waals surface area contributed by atoms with Gasteiger partial charge in [-0.05, 0) is 58.7 Å². The Morgan fingerprint density at radius 1 is 1.15 bits per heavy atom. The van der Waals surface area contributed by atoms with Gasteiger partial charge in [0.1, 0.15) is 5.82 Å². The van der Waals surface area contributed by atoms with Crippen LogP contribution in [0.2, 0.25) is 0 Å². The van der Waals surface area contributed by atoms with Crippen molar-refractivity contribution < 1.29 is 0 Å². The predicted octanol–water partition coefficient (Wildman–Crippen LogP) is 5.60. The van der Waals surface area contributed by atoms with Crippen molar-refractivity contribution in [2.24, 2.45) is 0 Å². The third kappa shape index (κ3) is 2.41. The second-order valence-corrected chi connectivity index (χ2v) is 6.62. The number of benzene rings is 2. The quantitative estimate of drug-likeness (QED) is 0.499. The summed E-state index contributed by atoms with van der Waals surface area (Å²) in [6, 6.07) is 12.3. The van der Waals surface area contributed by atoms with Gasteiger partial charge in [0, 0.05) is 8.95 Å². The summed E-state index contributed by atoms with van der Waals surface area (Å²) >= 11 is 13.2. The zero-order valence-electron chi connectivity index (χ0n) is 10.7. The van der Waals surface area contributed by atoms with Gasteiger partial charge in [-0.25, -0.2) is 4.98 Å². The average molecular weight is 415 g/mol. The van der Waals surface area contributed by atoms with E-state index in [9.17, 15) is 0 Å². The molecule has 1 heterocycles. The summed E-state index contributed by atoms with van der Waals surface area (Å²) in [6.07, 6.45) is 0. The summed E-state index contributed by atoms with van der Waals surface area (Å²) in [5.74, 6) is 1.21. The molecule has 0 atom stereocenters. The number of aromatic nitrogens is 2. The lowest BCUT2D eigenvalue weighted by atomic mass is 10.2. The minimum absolute atomic E-state index is 0.368. The van der Waals surface area contributed by atoms with Crippen LogP contribution in [0.15, 0.2) is 45.3 Å². The summed E-state index contributed by atoms with van der Waals surface area (Å²) < 4.78 is 4.14. The van der Waals surface area contributed by atoms with Crippen molar-refractivity contribution in [2.45, 2.75) is 12.8 Å². The molecule has 0 radical (unpaired) electrons. The second kappa shape index (κ2) is 5.51. The van der Waals surface area contributed by atoms with Crippen LogP contribution in [0.3, 0.4) is 0 Å². The van der Waals surface area contributed by atoms with Gasteiger partial charge in [0.05, 0.1) is 22.6 Å². The van der Waals surface area contributed by atoms with E-state index < -0.39 is 0 Å². The Balaban J connectivity index is 2.37. The maximum absolute atomic E-state index is 6.08. The largest absolute Gasteiger partial charge is 0.294 e. The van der Waals surface area contributed by atoms with E-state index in [4.69, 9.17) is 11.6 Å². The first kappa shape index (κ1) is 14.1. The van der Waals surface area contributed by atoms with Crippen LogP contribution in [0.25, 0.3) is 16.7 Å². The molecule has 0 fully saturated rings. The first-order valence-electron chi connectivity index (χ1n) is 6.09. The summed E-state index contributed by atoms with van der Waals surface area (Å²) in [7, 11) is 0. The number of rotatable bonds is 2. The van der Waals surface area contributed by atoms with Crippen molar-refractivity contribution in [3.8, 4) is 5.69 Å². The van der Waals surface area contributed by atoms with E-state index in [2.05, 4.69) is 66.5 Å². The molecule has 0 bridgehead atoms. The molecule has 5 heteroatoms. The smallest absolute Gasteiger partial charge is 0.129 e. The molecule has 0 N–H and O–H groups in total. The van der Waals surface area contributed by atoms with Crippen molar-refractivity contribution in [3.05, 3.63) is 56.7 Å². The molecule has 102 valence electrons. The fourth-order valence-electron chi connectivity index (χ4n) is 2.26. The number of alkyl halides is 1. The highest BCUT2D eigenvalue weighted by Crippen LogP contribution is 2.30. The van der Waals surface area contributed by atoms with Gasteiger partial charge in [0.2, 0.25) is 0 Å². The monoisotopic (exact) mass is 412 g/mol. The molecule has 0 aliphatic rings. The lowest BCUT2D eigenvalue weighted by Crippen LogP contribution is -2.00. The summed E-state index contributed by atoms with van der Waals surface area (Å²) in [4.78, 5) is 4.62. The average Bonchev–Trinajstić information content (AvgIpc) is 2.78. The highest BCUT2D eigenvalue weighted by atomic mass is 79.9. The van der Waals surface area contributed by atoms with Gasteiger partial charge in [0.25, 0.3) is 0 Å². The molecule has 0 unspecified atom stereocenters. The first-order chi connectivity index (χ1) is 9.60. The van der Waals surface area contributed by atoms with E-state index in [1.165, 1.54) is 5.56 Å². The van der Waals surface area contributed by atoms with Crippen molar-refractivity contribution in [1.82, 2.24) is 9.55 Å². The van der Waals surface area contributed by atoms with Crippen LogP contribution < -0.4 is 0 Å². The molecule has 0 saturated carbocycles. The number of imidazole rings is 1. The Hall–Kier alpha value is -0.840. The van der Waals surface area contributed by atoms with Crippen molar-refractivity contribution in [1.29, 1.82) is 0 Å². The Morgan fingerprint density at radius 2 is 1.95 bits per heavy atom. The molecule has 2 nitrogen and oxygen atoms in total. The SMILES string of the molecule is Cc1ccc(Br)c(-n2c(CCl)nc3cc(Br)ccc32)c1. The highest BCUT2D eigenvalue weighted by molar-refractivity contribution is 9.10. The van der Waals surface area contributed by atoms with E-state index in [0.717, 1.165) is 31.5 Å². The van der Waals surface area contributed by atoms with Gasteiger partial charge < -0.3 is 0 Å². The lowest BCUT2D eigenvalue weighted by Gasteiger charge is -2.11.